The molecule has 2 rings (SSSR count). The van der Waals surface area contributed by atoms with Crippen molar-refractivity contribution >= 4 is 45.8 Å². The predicted molar refractivity (Wildman–Crippen MR) is 74.6 cm³/mol. The van der Waals surface area contributed by atoms with E-state index in [0.29, 0.717) is 21.2 Å². The molecule has 2 aromatic rings. The summed E-state index contributed by atoms with van der Waals surface area (Å²) in [5.41, 5.74) is 1.14. The van der Waals surface area contributed by atoms with Gasteiger partial charge in [-0.25, -0.2) is 4.39 Å². The molecule has 0 saturated heterocycles. The third-order valence-electron chi connectivity index (χ3n) is 2.15. The number of hydrogen-bond donors (Lipinski definition) is 0. The molecule has 0 aromatic heterocycles. The number of benzene rings is 2. The van der Waals surface area contributed by atoms with E-state index in [-0.39, 0.29) is 5.82 Å². The van der Waals surface area contributed by atoms with Crippen LogP contribution in [0.4, 0.5) is 4.39 Å². The van der Waals surface area contributed by atoms with Crippen LogP contribution in [-0.4, -0.2) is 0 Å². The lowest BCUT2D eigenvalue weighted by atomic mass is 10.1. The maximum atomic E-state index is 13.7. The second kappa shape index (κ2) is 4.90. The maximum Gasteiger partial charge on any atom is 0.132 e. The Morgan fingerprint density at radius 2 is 1.62 bits per heavy atom. The fraction of sp³-hybridized carbons (Fsp3) is 0. The van der Waals surface area contributed by atoms with E-state index in [1.807, 2.05) is 6.07 Å². The van der Waals surface area contributed by atoms with Crippen LogP contribution in [0.1, 0.15) is 0 Å². The molecular formula is C12H6Cl2FI. The summed E-state index contributed by atoms with van der Waals surface area (Å²) in [6.07, 6.45) is 0. The van der Waals surface area contributed by atoms with Crippen LogP contribution >= 0.6 is 45.8 Å². The van der Waals surface area contributed by atoms with E-state index in [1.165, 1.54) is 6.07 Å². The predicted octanol–water partition coefficient (Wildman–Crippen LogP) is 5.40. The first-order valence-corrected chi connectivity index (χ1v) is 6.32. The van der Waals surface area contributed by atoms with Crippen molar-refractivity contribution in [2.45, 2.75) is 0 Å². The molecule has 0 aliphatic rings. The van der Waals surface area contributed by atoms with Gasteiger partial charge in [0.05, 0.1) is 0 Å². The summed E-state index contributed by atoms with van der Waals surface area (Å²) >= 11 is 13.9. The average molecular weight is 367 g/mol. The lowest BCUT2D eigenvalue weighted by molar-refractivity contribution is 0.630. The number of halogens is 4. The van der Waals surface area contributed by atoms with Gasteiger partial charge in [-0.05, 0) is 46.9 Å². The second-order valence-corrected chi connectivity index (χ2v) is 5.34. The van der Waals surface area contributed by atoms with Crippen LogP contribution in [-0.2, 0) is 0 Å². The molecule has 4 heteroatoms. The van der Waals surface area contributed by atoms with Gasteiger partial charge in [0.1, 0.15) is 5.82 Å². The van der Waals surface area contributed by atoms with Crippen molar-refractivity contribution in [3.8, 4) is 11.1 Å². The van der Waals surface area contributed by atoms with E-state index in [9.17, 15) is 4.39 Å². The molecule has 0 aliphatic heterocycles. The fourth-order valence-corrected chi connectivity index (χ4v) is 2.38. The lowest BCUT2D eigenvalue weighted by Crippen LogP contribution is -1.86. The number of rotatable bonds is 1. The van der Waals surface area contributed by atoms with Crippen LogP contribution in [0.3, 0.4) is 0 Å². The highest BCUT2D eigenvalue weighted by atomic mass is 127. The zero-order chi connectivity index (χ0) is 11.7. The summed E-state index contributed by atoms with van der Waals surface area (Å²) in [6, 6.07) is 10.0. The van der Waals surface area contributed by atoms with Crippen molar-refractivity contribution < 1.29 is 4.39 Å². The monoisotopic (exact) mass is 366 g/mol. The van der Waals surface area contributed by atoms with Crippen LogP contribution < -0.4 is 0 Å². The van der Waals surface area contributed by atoms with Gasteiger partial charge in [0.2, 0.25) is 0 Å². The summed E-state index contributed by atoms with van der Waals surface area (Å²) in [5.74, 6) is -0.281. The van der Waals surface area contributed by atoms with Crippen LogP contribution in [0.15, 0.2) is 36.4 Å². The molecule has 0 heterocycles. The van der Waals surface area contributed by atoms with Crippen LogP contribution in [0.2, 0.25) is 10.0 Å². The molecule has 0 aliphatic carbocycles. The summed E-state index contributed by atoms with van der Waals surface area (Å²) in [5, 5.41) is 0.993. The summed E-state index contributed by atoms with van der Waals surface area (Å²) < 4.78 is 14.6. The Morgan fingerprint density at radius 1 is 0.938 bits per heavy atom. The van der Waals surface area contributed by atoms with Gasteiger partial charge in [0.15, 0.2) is 0 Å². The largest absolute Gasteiger partial charge is 0.206 e. The summed E-state index contributed by atoms with van der Waals surface area (Å²) in [4.78, 5) is 0. The smallest absolute Gasteiger partial charge is 0.132 e. The Kier molecular flexibility index (Phi) is 3.72. The van der Waals surface area contributed by atoms with Crippen LogP contribution in [0.5, 0.6) is 0 Å². The zero-order valence-electron chi connectivity index (χ0n) is 7.98. The van der Waals surface area contributed by atoms with E-state index >= 15 is 0 Å². The molecule has 0 nitrogen and oxygen atoms in total. The topological polar surface area (TPSA) is 0 Å². The highest BCUT2D eigenvalue weighted by molar-refractivity contribution is 14.1. The average Bonchev–Trinajstić information content (AvgIpc) is 2.19. The minimum atomic E-state index is -0.281. The molecule has 0 radical (unpaired) electrons. The Hall–Kier alpha value is -0.320. The van der Waals surface area contributed by atoms with E-state index in [0.717, 1.165) is 3.57 Å². The van der Waals surface area contributed by atoms with E-state index in [1.54, 1.807) is 24.3 Å². The molecule has 82 valence electrons. The van der Waals surface area contributed by atoms with Gasteiger partial charge < -0.3 is 0 Å². The first-order valence-electron chi connectivity index (χ1n) is 4.48. The fourth-order valence-electron chi connectivity index (χ4n) is 1.42. The Bertz CT molecular complexity index is 491. The SMILES string of the molecule is Fc1cc(I)ccc1-c1ccc(Cl)cc1Cl. The van der Waals surface area contributed by atoms with Gasteiger partial charge in [0.25, 0.3) is 0 Å². The molecule has 0 saturated carbocycles. The zero-order valence-corrected chi connectivity index (χ0v) is 11.6. The van der Waals surface area contributed by atoms with Crippen molar-refractivity contribution in [2.24, 2.45) is 0 Å². The van der Waals surface area contributed by atoms with Crippen molar-refractivity contribution in [3.05, 3.63) is 55.8 Å². The van der Waals surface area contributed by atoms with Crippen molar-refractivity contribution in [2.75, 3.05) is 0 Å². The van der Waals surface area contributed by atoms with Gasteiger partial charge >= 0.3 is 0 Å². The molecule has 0 bridgehead atoms. The highest BCUT2D eigenvalue weighted by Crippen LogP contribution is 2.32. The first kappa shape index (κ1) is 12.1. The molecular weight excluding hydrogens is 361 g/mol. The van der Waals surface area contributed by atoms with Gasteiger partial charge in [-0.3, -0.25) is 0 Å². The summed E-state index contributed by atoms with van der Waals surface area (Å²) in [6.45, 7) is 0. The van der Waals surface area contributed by atoms with E-state index in [2.05, 4.69) is 22.6 Å². The Morgan fingerprint density at radius 3 is 2.25 bits per heavy atom. The van der Waals surface area contributed by atoms with Crippen molar-refractivity contribution in [1.29, 1.82) is 0 Å². The van der Waals surface area contributed by atoms with Crippen LogP contribution in [0.25, 0.3) is 11.1 Å². The molecule has 0 fully saturated rings. The highest BCUT2D eigenvalue weighted by Gasteiger charge is 2.09. The van der Waals surface area contributed by atoms with Crippen LogP contribution in [0, 0.1) is 9.39 Å². The normalized spacial score (nSPS) is 10.5. The van der Waals surface area contributed by atoms with Gasteiger partial charge in [-0.15, -0.1) is 0 Å². The molecule has 16 heavy (non-hydrogen) atoms. The molecule has 0 amide bonds. The molecule has 0 spiro atoms. The standard InChI is InChI=1S/C12H6Cl2FI/c13-7-1-3-9(11(14)5-7)10-4-2-8(16)6-12(10)15/h1-6H. The third kappa shape index (κ3) is 2.50. The Balaban J connectivity index is 2.59. The molecule has 2 aromatic carbocycles. The van der Waals surface area contributed by atoms with Crippen molar-refractivity contribution in [1.82, 2.24) is 0 Å². The lowest BCUT2D eigenvalue weighted by Gasteiger charge is -2.06. The first-order chi connectivity index (χ1) is 7.58. The maximum absolute atomic E-state index is 13.7. The summed E-state index contributed by atoms with van der Waals surface area (Å²) in [7, 11) is 0. The number of hydrogen-bond acceptors (Lipinski definition) is 0. The second-order valence-electron chi connectivity index (χ2n) is 3.25. The minimum absolute atomic E-state index is 0.281. The van der Waals surface area contributed by atoms with Gasteiger partial charge in [0, 0.05) is 24.7 Å². The van der Waals surface area contributed by atoms with E-state index in [4.69, 9.17) is 23.2 Å². The quantitative estimate of drug-likeness (QED) is 0.592. The molecule has 0 atom stereocenters. The molecule has 0 unspecified atom stereocenters. The minimum Gasteiger partial charge on any atom is -0.206 e. The van der Waals surface area contributed by atoms with Gasteiger partial charge in [-0.2, -0.15) is 0 Å². The van der Waals surface area contributed by atoms with Crippen molar-refractivity contribution in [3.63, 3.8) is 0 Å². The Labute approximate surface area is 117 Å². The molecule has 0 N–H and O–H groups in total. The third-order valence-corrected chi connectivity index (χ3v) is 3.37. The van der Waals surface area contributed by atoms with Gasteiger partial charge in [-0.1, -0.05) is 35.3 Å². The van der Waals surface area contributed by atoms with E-state index < -0.39 is 0 Å².